The first-order chi connectivity index (χ1) is 12.9. The molecule has 0 bridgehead atoms. The van der Waals surface area contributed by atoms with Gasteiger partial charge in [0.05, 0.1) is 6.10 Å². The summed E-state index contributed by atoms with van der Waals surface area (Å²) in [5, 5.41) is 15.0. The van der Waals surface area contributed by atoms with Crippen molar-refractivity contribution in [3.05, 3.63) is 23.3 Å². The minimum Gasteiger partial charge on any atom is -0.389 e. The van der Waals surface area contributed by atoms with Crippen molar-refractivity contribution in [3.63, 3.8) is 0 Å². The summed E-state index contributed by atoms with van der Waals surface area (Å²) in [4.78, 5) is 12.0. The van der Waals surface area contributed by atoms with E-state index in [2.05, 4.69) is 31.3 Å². The van der Waals surface area contributed by atoms with Crippen molar-refractivity contribution < 1.29 is 9.90 Å². The summed E-state index contributed by atoms with van der Waals surface area (Å²) in [6.45, 7) is 6.03. The molecule has 2 N–H and O–H groups in total. The maximum absolute atomic E-state index is 12.0. The summed E-state index contributed by atoms with van der Waals surface area (Å²) in [6.07, 6.45) is 14.0. The predicted octanol–water partition coefficient (Wildman–Crippen LogP) is 4.17. The van der Waals surface area contributed by atoms with Gasteiger partial charge in [0.1, 0.15) is 5.78 Å². The van der Waals surface area contributed by atoms with Gasteiger partial charge in [-0.1, -0.05) is 43.6 Å². The quantitative estimate of drug-likeness (QED) is 0.682. The smallest absolute Gasteiger partial charge is 0.136 e. The van der Waals surface area contributed by atoms with Crippen molar-refractivity contribution in [1.29, 1.82) is 0 Å². The Hall–Kier alpha value is -0.930. The van der Waals surface area contributed by atoms with Crippen LogP contribution in [0.25, 0.3) is 0 Å². The monoisotopic (exact) mass is 369 g/mol. The summed E-state index contributed by atoms with van der Waals surface area (Å²) >= 11 is 0. The molecule has 0 radical (unpaired) electrons. The van der Waals surface area contributed by atoms with Gasteiger partial charge in [-0.05, 0) is 73.7 Å². The number of nitrogens with one attached hydrogen (secondary N) is 1. The van der Waals surface area contributed by atoms with Crippen LogP contribution in [-0.2, 0) is 4.79 Å². The van der Waals surface area contributed by atoms with Gasteiger partial charge >= 0.3 is 0 Å². The molecule has 1 aliphatic heterocycles. The molecule has 0 amide bonds. The number of piperidine rings is 1. The zero-order valence-corrected chi connectivity index (χ0v) is 17.0. The lowest BCUT2D eigenvalue weighted by Gasteiger charge is -2.58. The van der Waals surface area contributed by atoms with E-state index in [1.54, 1.807) is 5.57 Å². The molecule has 27 heavy (non-hydrogen) atoms. The van der Waals surface area contributed by atoms with E-state index in [1.165, 1.54) is 37.7 Å². The molecule has 1 heterocycles. The third-order valence-corrected chi connectivity index (χ3v) is 9.29. The molecule has 148 valence electrons. The van der Waals surface area contributed by atoms with Gasteiger partial charge in [0, 0.05) is 18.9 Å². The Bertz CT molecular complexity index is 703. The molecule has 3 heteroatoms. The highest BCUT2D eigenvalue weighted by Crippen LogP contribution is 2.65. The number of ketones is 1. The number of aliphatic hydroxyl groups excluding tert-OH is 1. The molecule has 2 saturated carbocycles. The molecule has 4 aliphatic carbocycles. The first kappa shape index (κ1) is 18.1. The van der Waals surface area contributed by atoms with Crippen LogP contribution in [0.2, 0.25) is 0 Å². The number of aliphatic hydroxyl groups is 1. The summed E-state index contributed by atoms with van der Waals surface area (Å²) in [5.74, 6) is 1.80. The molecule has 3 fully saturated rings. The first-order valence-electron chi connectivity index (χ1n) is 11.3. The number of hydrogen-bond acceptors (Lipinski definition) is 3. The maximum Gasteiger partial charge on any atom is 0.136 e. The summed E-state index contributed by atoms with van der Waals surface area (Å²) in [5.41, 5.74) is 3.27. The Balaban J connectivity index is 1.47. The van der Waals surface area contributed by atoms with E-state index >= 15 is 0 Å². The van der Waals surface area contributed by atoms with Crippen LogP contribution in [0.1, 0.15) is 71.6 Å². The molecule has 2 unspecified atom stereocenters. The fourth-order valence-electron chi connectivity index (χ4n) is 7.73. The lowest BCUT2D eigenvalue weighted by Crippen LogP contribution is -2.55. The van der Waals surface area contributed by atoms with E-state index in [9.17, 15) is 9.90 Å². The molecule has 0 aromatic carbocycles. The van der Waals surface area contributed by atoms with E-state index < -0.39 is 0 Å². The van der Waals surface area contributed by atoms with Crippen molar-refractivity contribution in [3.8, 4) is 0 Å². The van der Waals surface area contributed by atoms with Crippen molar-refractivity contribution in [2.45, 2.75) is 83.8 Å². The van der Waals surface area contributed by atoms with Crippen LogP contribution >= 0.6 is 0 Å². The molecule has 1 saturated heterocycles. The Morgan fingerprint density at radius 3 is 2.74 bits per heavy atom. The number of allylic oxidation sites excluding steroid dienone is 2. The molecular weight excluding hydrogens is 334 g/mol. The van der Waals surface area contributed by atoms with Gasteiger partial charge in [0.2, 0.25) is 0 Å². The number of rotatable bonds is 1. The molecule has 5 rings (SSSR count). The van der Waals surface area contributed by atoms with Crippen LogP contribution in [0.15, 0.2) is 23.3 Å². The number of fused-ring (bicyclic) bond motifs is 5. The standard InChI is InChI=1S/C24H35NO2/c1-23-10-8-16(26)13-15(23)14-21(27)22-18-7-6-17(20-5-3-4-12-25-20)24(18,2)11-9-19(22)23/h6,14,18-22,25,27H,3-5,7-13H2,1-2H3/t18-,19+,20?,21?,22-,23-,24+/m0/s1. The Morgan fingerprint density at radius 1 is 1.11 bits per heavy atom. The summed E-state index contributed by atoms with van der Waals surface area (Å²) < 4.78 is 0. The molecular formula is C24H35NO2. The van der Waals surface area contributed by atoms with E-state index in [4.69, 9.17) is 0 Å². The van der Waals surface area contributed by atoms with Crippen molar-refractivity contribution in [2.24, 2.45) is 28.6 Å². The molecule has 3 nitrogen and oxygen atoms in total. The normalized spacial score (nSPS) is 49.6. The Kier molecular flexibility index (Phi) is 4.22. The fourth-order valence-corrected chi connectivity index (χ4v) is 7.73. The van der Waals surface area contributed by atoms with Gasteiger partial charge in [0.25, 0.3) is 0 Å². The van der Waals surface area contributed by atoms with Gasteiger partial charge in [-0.15, -0.1) is 0 Å². The van der Waals surface area contributed by atoms with Gasteiger partial charge in [-0.25, -0.2) is 0 Å². The lowest BCUT2D eigenvalue weighted by atomic mass is 9.46. The van der Waals surface area contributed by atoms with E-state index in [0.29, 0.717) is 36.0 Å². The lowest BCUT2D eigenvalue weighted by molar-refractivity contribution is -0.123. The molecule has 7 atom stereocenters. The Morgan fingerprint density at radius 2 is 1.96 bits per heavy atom. The highest BCUT2D eigenvalue weighted by atomic mass is 16.3. The van der Waals surface area contributed by atoms with Crippen molar-refractivity contribution in [1.82, 2.24) is 5.32 Å². The van der Waals surface area contributed by atoms with Gasteiger partial charge in [-0.3, -0.25) is 4.79 Å². The van der Waals surface area contributed by atoms with E-state index in [1.807, 2.05) is 0 Å². The van der Waals surface area contributed by atoms with E-state index in [-0.39, 0.29) is 16.9 Å². The zero-order chi connectivity index (χ0) is 18.8. The highest BCUT2D eigenvalue weighted by molar-refractivity contribution is 5.82. The second-order valence-electron chi connectivity index (χ2n) is 10.5. The SMILES string of the molecule is C[C@]12CCC(=O)CC1=CC(O)[C@@H]1[C@H]2CC[C@]2(C)C(C3CCCCN3)=CC[C@@H]12. The number of carbonyl (C=O) groups is 1. The average Bonchev–Trinajstić information content (AvgIpc) is 3.01. The van der Waals surface area contributed by atoms with Gasteiger partial charge in [0.15, 0.2) is 0 Å². The maximum atomic E-state index is 12.0. The summed E-state index contributed by atoms with van der Waals surface area (Å²) in [6, 6.07) is 0.556. The van der Waals surface area contributed by atoms with Crippen molar-refractivity contribution in [2.75, 3.05) is 6.54 Å². The first-order valence-corrected chi connectivity index (χ1v) is 11.3. The third kappa shape index (κ3) is 2.57. The average molecular weight is 370 g/mol. The molecule has 5 aliphatic rings. The summed E-state index contributed by atoms with van der Waals surface area (Å²) in [7, 11) is 0. The minimum absolute atomic E-state index is 0.130. The molecule has 0 aromatic heterocycles. The Labute approximate surface area is 163 Å². The van der Waals surface area contributed by atoms with Crippen LogP contribution in [0.3, 0.4) is 0 Å². The van der Waals surface area contributed by atoms with Gasteiger partial charge in [-0.2, -0.15) is 0 Å². The van der Waals surface area contributed by atoms with Crippen LogP contribution in [-0.4, -0.2) is 29.6 Å². The number of carbonyl (C=O) groups excluding carboxylic acids is 1. The predicted molar refractivity (Wildman–Crippen MR) is 107 cm³/mol. The van der Waals surface area contributed by atoms with Crippen LogP contribution in [0, 0.1) is 28.6 Å². The van der Waals surface area contributed by atoms with Gasteiger partial charge < -0.3 is 10.4 Å². The van der Waals surface area contributed by atoms with E-state index in [0.717, 1.165) is 25.8 Å². The molecule has 0 aromatic rings. The largest absolute Gasteiger partial charge is 0.389 e. The number of hydrogen-bond donors (Lipinski definition) is 2. The van der Waals surface area contributed by atoms with Crippen LogP contribution < -0.4 is 5.32 Å². The third-order valence-electron chi connectivity index (χ3n) is 9.29. The van der Waals surface area contributed by atoms with Crippen LogP contribution in [0.5, 0.6) is 0 Å². The van der Waals surface area contributed by atoms with Crippen LogP contribution in [0.4, 0.5) is 0 Å². The number of Topliss-reactive ketones (excluding diaryl/α,β-unsaturated/α-hetero) is 1. The molecule has 0 spiro atoms. The highest BCUT2D eigenvalue weighted by Gasteiger charge is 2.59. The fraction of sp³-hybridized carbons (Fsp3) is 0.792. The second kappa shape index (κ2) is 6.29. The second-order valence-corrected chi connectivity index (χ2v) is 10.5. The minimum atomic E-state index is -0.374. The zero-order valence-electron chi connectivity index (χ0n) is 17.0. The topological polar surface area (TPSA) is 49.3 Å². The van der Waals surface area contributed by atoms with Crippen molar-refractivity contribution >= 4 is 5.78 Å².